The van der Waals surface area contributed by atoms with Crippen LogP contribution < -0.4 is 0 Å². The lowest BCUT2D eigenvalue weighted by Crippen LogP contribution is -2.31. The van der Waals surface area contributed by atoms with Crippen molar-refractivity contribution in [3.8, 4) is 0 Å². The van der Waals surface area contributed by atoms with Crippen LogP contribution in [0.25, 0.3) is 0 Å². The quantitative estimate of drug-likeness (QED) is 0.675. The van der Waals surface area contributed by atoms with Crippen molar-refractivity contribution in [3.05, 3.63) is 52.9 Å². The van der Waals surface area contributed by atoms with Gasteiger partial charge >= 0.3 is 0 Å². The number of hydrogen-bond donors (Lipinski definition) is 0. The molecule has 0 bridgehead atoms. The van der Waals surface area contributed by atoms with Gasteiger partial charge in [0.25, 0.3) is 10.0 Å². The summed E-state index contributed by atoms with van der Waals surface area (Å²) >= 11 is 4.70. The predicted molar refractivity (Wildman–Crippen MR) is 91.5 cm³/mol. The Bertz CT molecular complexity index is 668. The van der Waals surface area contributed by atoms with E-state index in [-0.39, 0.29) is 0 Å². The molecule has 21 heavy (non-hydrogen) atoms. The molecule has 0 aliphatic carbocycles. The van der Waals surface area contributed by atoms with E-state index in [9.17, 15) is 8.42 Å². The molecule has 2 rings (SSSR count). The van der Waals surface area contributed by atoms with Gasteiger partial charge in [-0.05, 0) is 24.1 Å². The third kappa shape index (κ3) is 4.16. The van der Waals surface area contributed by atoms with Gasteiger partial charge in [0.2, 0.25) is 0 Å². The minimum absolute atomic E-state index is 0.397. The Morgan fingerprint density at radius 2 is 1.86 bits per heavy atom. The van der Waals surface area contributed by atoms with Gasteiger partial charge in [-0.1, -0.05) is 53.2 Å². The van der Waals surface area contributed by atoms with Crippen LogP contribution in [0.2, 0.25) is 0 Å². The van der Waals surface area contributed by atoms with Gasteiger partial charge in [-0.2, -0.15) is 4.31 Å². The van der Waals surface area contributed by atoms with Crippen LogP contribution in [0.4, 0.5) is 0 Å². The summed E-state index contributed by atoms with van der Waals surface area (Å²) in [6.45, 7) is 2.88. The third-order valence-electron chi connectivity index (χ3n) is 3.12. The monoisotopic (exact) mass is 387 g/mol. The summed E-state index contributed by atoms with van der Waals surface area (Å²) in [7, 11) is -3.43. The van der Waals surface area contributed by atoms with Crippen LogP contribution in [0.15, 0.2) is 46.7 Å². The van der Waals surface area contributed by atoms with E-state index in [0.29, 0.717) is 22.6 Å². The van der Waals surface area contributed by atoms with E-state index in [0.717, 1.165) is 16.9 Å². The number of aryl methyl sites for hydroxylation is 1. The zero-order valence-electron chi connectivity index (χ0n) is 11.8. The summed E-state index contributed by atoms with van der Waals surface area (Å²) in [5.41, 5.74) is 0.995. The second-order valence-electron chi connectivity index (χ2n) is 4.59. The van der Waals surface area contributed by atoms with Gasteiger partial charge in [0.15, 0.2) is 0 Å². The minimum Gasteiger partial charge on any atom is -0.206 e. The maximum atomic E-state index is 12.8. The first kappa shape index (κ1) is 16.7. The number of nitrogens with zero attached hydrogens (tertiary/aromatic N) is 1. The first-order chi connectivity index (χ1) is 10.1. The minimum atomic E-state index is -3.43. The first-order valence-corrected chi connectivity index (χ1v) is 10.1. The van der Waals surface area contributed by atoms with Crippen molar-refractivity contribution in [1.29, 1.82) is 0 Å². The Morgan fingerprint density at radius 3 is 2.43 bits per heavy atom. The fraction of sp³-hybridized carbons (Fsp3) is 0.333. The summed E-state index contributed by atoms with van der Waals surface area (Å²) in [5, 5.41) is 0.616. The third-order valence-corrected chi connectivity index (χ3v) is 7.01. The standard InChI is InChI=1S/C15H18BrNO2S2/c1-2-14-8-9-15(20-14)21(18,19)17(11-10-16)12-13-6-4-3-5-7-13/h3-9H,2,10-12H2,1H3. The molecule has 0 saturated carbocycles. The van der Waals surface area contributed by atoms with Gasteiger partial charge in [0.05, 0.1) is 0 Å². The van der Waals surface area contributed by atoms with Crippen LogP contribution in [0, 0.1) is 0 Å². The van der Waals surface area contributed by atoms with E-state index in [2.05, 4.69) is 15.9 Å². The Kier molecular flexibility index (Phi) is 5.98. The first-order valence-electron chi connectivity index (χ1n) is 6.76. The van der Waals surface area contributed by atoms with E-state index in [1.165, 1.54) is 15.6 Å². The highest BCUT2D eigenvalue weighted by atomic mass is 79.9. The Morgan fingerprint density at radius 1 is 1.14 bits per heavy atom. The number of rotatable bonds is 7. The van der Waals surface area contributed by atoms with Gasteiger partial charge in [0.1, 0.15) is 4.21 Å². The molecule has 3 nitrogen and oxygen atoms in total. The van der Waals surface area contributed by atoms with Crippen molar-refractivity contribution in [2.24, 2.45) is 0 Å². The van der Waals surface area contributed by atoms with E-state index in [4.69, 9.17) is 0 Å². The van der Waals surface area contributed by atoms with Gasteiger partial charge in [0, 0.05) is 23.3 Å². The predicted octanol–water partition coefficient (Wildman–Crippen LogP) is 3.90. The molecule has 1 aromatic carbocycles. The molecule has 0 spiro atoms. The fourth-order valence-corrected chi connectivity index (χ4v) is 5.52. The van der Waals surface area contributed by atoms with Crippen molar-refractivity contribution >= 4 is 37.3 Å². The lowest BCUT2D eigenvalue weighted by molar-refractivity contribution is 0.428. The maximum absolute atomic E-state index is 12.8. The largest absolute Gasteiger partial charge is 0.252 e. The molecule has 0 saturated heterocycles. The van der Waals surface area contributed by atoms with Crippen LogP contribution in [0.5, 0.6) is 0 Å². The van der Waals surface area contributed by atoms with Gasteiger partial charge in [-0.25, -0.2) is 8.42 Å². The number of benzene rings is 1. The number of hydrogen-bond acceptors (Lipinski definition) is 3. The fourth-order valence-electron chi connectivity index (χ4n) is 1.98. The molecule has 0 N–H and O–H groups in total. The molecule has 6 heteroatoms. The van der Waals surface area contributed by atoms with Crippen LogP contribution in [0.1, 0.15) is 17.4 Å². The van der Waals surface area contributed by atoms with E-state index >= 15 is 0 Å². The molecular formula is C15H18BrNO2S2. The molecule has 2 aromatic rings. The molecule has 0 amide bonds. The van der Waals surface area contributed by atoms with Gasteiger partial charge in [-0.15, -0.1) is 11.3 Å². The normalized spacial score (nSPS) is 12.0. The van der Waals surface area contributed by atoms with Crippen LogP contribution in [-0.4, -0.2) is 24.6 Å². The summed E-state index contributed by atoms with van der Waals surface area (Å²) in [6.07, 6.45) is 0.858. The Balaban J connectivity index is 2.27. The van der Waals surface area contributed by atoms with Crippen molar-refractivity contribution in [1.82, 2.24) is 4.31 Å². The smallest absolute Gasteiger partial charge is 0.206 e. The van der Waals surface area contributed by atoms with E-state index < -0.39 is 10.0 Å². The Labute approximate surface area is 138 Å². The van der Waals surface area contributed by atoms with Crippen molar-refractivity contribution in [2.45, 2.75) is 24.1 Å². The molecule has 0 aliphatic heterocycles. The highest BCUT2D eigenvalue weighted by Gasteiger charge is 2.25. The average molecular weight is 388 g/mol. The zero-order valence-corrected chi connectivity index (χ0v) is 15.0. The van der Waals surface area contributed by atoms with E-state index in [1.54, 1.807) is 6.07 Å². The van der Waals surface area contributed by atoms with Crippen LogP contribution in [-0.2, 0) is 23.0 Å². The summed E-state index contributed by atoms with van der Waals surface area (Å²) in [4.78, 5) is 1.09. The number of alkyl halides is 1. The molecule has 0 aliphatic rings. The number of halogens is 1. The number of thiophene rings is 1. The summed E-state index contributed by atoms with van der Waals surface area (Å²) in [6, 6.07) is 13.3. The lowest BCUT2D eigenvalue weighted by atomic mass is 10.2. The Hall–Kier alpha value is -0.690. The van der Waals surface area contributed by atoms with E-state index in [1.807, 2.05) is 43.3 Å². The molecule has 114 valence electrons. The molecule has 0 radical (unpaired) electrons. The lowest BCUT2D eigenvalue weighted by Gasteiger charge is -2.20. The summed E-state index contributed by atoms with van der Waals surface area (Å²) in [5.74, 6) is 0. The van der Waals surface area contributed by atoms with Crippen LogP contribution >= 0.6 is 27.3 Å². The molecule has 0 unspecified atom stereocenters. The second-order valence-corrected chi connectivity index (χ2v) is 8.71. The molecule has 0 fully saturated rings. The highest BCUT2D eigenvalue weighted by molar-refractivity contribution is 9.09. The van der Waals surface area contributed by atoms with Crippen molar-refractivity contribution in [3.63, 3.8) is 0 Å². The average Bonchev–Trinajstić information content (AvgIpc) is 2.97. The number of sulfonamides is 1. The van der Waals surface area contributed by atoms with Crippen molar-refractivity contribution in [2.75, 3.05) is 11.9 Å². The molecule has 0 atom stereocenters. The maximum Gasteiger partial charge on any atom is 0.252 e. The SMILES string of the molecule is CCc1ccc(S(=O)(=O)N(CCBr)Cc2ccccc2)s1. The molecular weight excluding hydrogens is 370 g/mol. The van der Waals surface area contributed by atoms with Gasteiger partial charge < -0.3 is 0 Å². The van der Waals surface area contributed by atoms with Gasteiger partial charge in [-0.3, -0.25) is 0 Å². The van der Waals surface area contributed by atoms with Crippen LogP contribution in [0.3, 0.4) is 0 Å². The zero-order chi connectivity index (χ0) is 15.3. The second kappa shape index (κ2) is 7.54. The highest BCUT2D eigenvalue weighted by Crippen LogP contribution is 2.26. The topological polar surface area (TPSA) is 37.4 Å². The summed E-state index contributed by atoms with van der Waals surface area (Å²) < 4.78 is 27.5. The van der Waals surface area contributed by atoms with Crippen molar-refractivity contribution < 1.29 is 8.42 Å². The molecule has 1 aromatic heterocycles. The molecule has 1 heterocycles.